The number of ether oxygens (including phenoxy) is 8. The summed E-state index contributed by atoms with van der Waals surface area (Å²) in [5.41, 5.74) is 5.50. The van der Waals surface area contributed by atoms with Crippen molar-refractivity contribution in [3.8, 4) is 0 Å². The first-order valence-electron chi connectivity index (χ1n) is 27.6. The van der Waals surface area contributed by atoms with Crippen molar-refractivity contribution in [2.75, 3.05) is 26.4 Å². The highest BCUT2D eigenvalue weighted by Gasteiger charge is 2.48. The van der Waals surface area contributed by atoms with E-state index >= 15 is 0 Å². The fourth-order valence-electron chi connectivity index (χ4n) is 11.9. The average molecular weight is 1070 g/mol. The first-order valence-corrected chi connectivity index (χ1v) is 29.2. The Balaban J connectivity index is 0.756. The maximum atomic E-state index is 14.1. The van der Waals surface area contributed by atoms with E-state index in [9.17, 15) is 28.8 Å². The maximum absolute atomic E-state index is 14.1. The molecule has 0 aliphatic heterocycles. The van der Waals surface area contributed by atoms with Gasteiger partial charge in [-0.2, -0.15) is 0 Å². The fourth-order valence-corrected chi connectivity index (χ4v) is 14.3. The highest BCUT2D eigenvalue weighted by Crippen LogP contribution is 2.57. The van der Waals surface area contributed by atoms with E-state index in [0.29, 0.717) is 114 Å². The highest BCUT2D eigenvalue weighted by molar-refractivity contribution is 8.14. The van der Waals surface area contributed by atoms with Gasteiger partial charge in [0, 0.05) is 51.0 Å². The Hall–Kier alpha value is -4.64. The molecule has 4 fully saturated rings. The topological polar surface area (TPSA) is 176 Å². The number of rotatable bonds is 20. The molecule has 0 bridgehead atoms. The number of aryl methyl sites for hydroxylation is 2. The second-order valence-corrected chi connectivity index (χ2v) is 23.6. The van der Waals surface area contributed by atoms with Gasteiger partial charge in [-0.15, -0.1) is 0 Å². The van der Waals surface area contributed by atoms with Crippen LogP contribution < -0.4 is 0 Å². The zero-order chi connectivity index (χ0) is 52.9. The molecule has 0 heterocycles. The number of thioether (sulfide) groups is 2. The molecule has 0 atom stereocenters. The van der Waals surface area contributed by atoms with E-state index in [4.69, 9.17) is 37.9 Å². The molecule has 75 heavy (non-hydrogen) atoms. The van der Waals surface area contributed by atoms with Gasteiger partial charge in [0.25, 0.3) is 0 Å². The summed E-state index contributed by atoms with van der Waals surface area (Å²) in [5, 5.41) is 0.287. The zero-order valence-corrected chi connectivity index (χ0v) is 45.5. The third-order valence-corrected chi connectivity index (χ3v) is 18.2. The molecule has 6 aliphatic rings. The van der Waals surface area contributed by atoms with Crippen LogP contribution in [-0.2, 0) is 75.3 Å². The Morgan fingerprint density at radius 3 is 1.16 bits per heavy atom. The van der Waals surface area contributed by atoms with Crippen molar-refractivity contribution in [2.24, 2.45) is 11.8 Å². The van der Waals surface area contributed by atoms with Gasteiger partial charge in [-0.05, 0) is 177 Å². The lowest BCUT2D eigenvalue weighted by molar-refractivity contribution is -0.140. The lowest BCUT2D eigenvalue weighted by Crippen LogP contribution is -2.32. The second-order valence-electron chi connectivity index (χ2n) is 21.5. The number of hydrogen-bond donors (Lipinski definition) is 0. The van der Waals surface area contributed by atoms with Crippen LogP contribution in [0.3, 0.4) is 0 Å². The molecule has 408 valence electrons. The van der Waals surface area contributed by atoms with Crippen molar-refractivity contribution in [1.82, 2.24) is 0 Å². The van der Waals surface area contributed by atoms with Crippen LogP contribution in [0.25, 0.3) is 0 Å². The first kappa shape index (κ1) is 56.6. The monoisotopic (exact) mass is 1070 g/mol. The minimum absolute atomic E-state index is 0.0792. The minimum Gasteiger partial charge on any atom is -0.462 e. The van der Waals surface area contributed by atoms with Crippen LogP contribution in [0.4, 0.5) is 9.59 Å². The SMILES string of the molecule is C=C(C)C(=O)OCCCOC1CCC(OC(=O)OC2CCC(C(=O)Sc3cccc4c3C3(CC4)CCc4cccc(SC(=O)C5CCC(OC(=O)OC6CCC(OCCCOC(=O)C(=C)C)CC6)CC5)c43)CC2)CC1. The van der Waals surface area contributed by atoms with Crippen molar-refractivity contribution < 1.29 is 66.7 Å². The number of carbonyl (C=O) groups is 6. The van der Waals surface area contributed by atoms with Crippen LogP contribution in [0.1, 0.15) is 165 Å². The molecular formula is C59H76O14S2. The van der Waals surface area contributed by atoms with Crippen LogP contribution in [0.15, 0.2) is 70.5 Å². The molecular weight excluding hydrogens is 997 g/mol. The molecule has 0 saturated heterocycles. The molecule has 4 saturated carbocycles. The molecule has 2 aromatic rings. The third kappa shape index (κ3) is 15.3. The predicted molar refractivity (Wildman–Crippen MR) is 283 cm³/mol. The van der Waals surface area contributed by atoms with E-state index in [2.05, 4.69) is 49.6 Å². The van der Waals surface area contributed by atoms with E-state index in [1.165, 1.54) is 45.8 Å². The number of esters is 2. The lowest BCUT2D eigenvalue weighted by Gasteiger charge is -2.32. The Kier molecular flexibility index (Phi) is 20.4. The van der Waals surface area contributed by atoms with Crippen LogP contribution in [0, 0.1) is 11.8 Å². The molecule has 2 aromatic carbocycles. The fraction of sp³-hybridized carbons (Fsp3) is 0.627. The molecule has 0 amide bonds. The second kappa shape index (κ2) is 27.1. The van der Waals surface area contributed by atoms with Gasteiger partial charge in [-0.25, -0.2) is 19.2 Å². The van der Waals surface area contributed by atoms with Gasteiger partial charge in [0.05, 0.1) is 38.6 Å². The summed E-state index contributed by atoms with van der Waals surface area (Å²) in [6.07, 6.45) is 13.6. The summed E-state index contributed by atoms with van der Waals surface area (Å²) in [5.74, 6) is -1.08. The molecule has 0 radical (unpaired) electrons. The number of fused-ring (bicyclic) bond motifs is 4. The molecule has 1 spiro atoms. The Bertz CT molecular complexity index is 2200. The summed E-state index contributed by atoms with van der Waals surface area (Å²) >= 11 is 2.72. The van der Waals surface area contributed by atoms with Gasteiger partial charge < -0.3 is 37.9 Å². The Morgan fingerprint density at radius 2 is 0.813 bits per heavy atom. The maximum Gasteiger partial charge on any atom is 0.508 e. The normalized spacial score (nSPS) is 27.0. The van der Waals surface area contributed by atoms with E-state index < -0.39 is 24.2 Å². The van der Waals surface area contributed by atoms with Gasteiger partial charge in [-0.3, -0.25) is 9.59 Å². The quantitative estimate of drug-likeness (QED) is 0.0402. The first-order chi connectivity index (χ1) is 36.2. The van der Waals surface area contributed by atoms with Gasteiger partial charge in [0.1, 0.15) is 24.4 Å². The van der Waals surface area contributed by atoms with Gasteiger partial charge in [-0.1, -0.05) is 60.9 Å². The molecule has 0 unspecified atom stereocenters. The molecule has 16 heteroatoms. The Morgan fingerprint density at radius 1 is 0.480 bits per heavy atom. The number of hydrogen-bond acceptors (Lipinski definition) is 16. The smallest absolute Gasteiger partial charge is 0.462 e. The van der Waals surface area contributed by atoms with E-state index in [-0.39, 0.29) is 77.3 Å². The van der Waals surface area contributed by atoms with Crippen molar-refractivity contribution in [3.63, 3.8) is 0 Å². The van der Waals surface area contributed by atoms with Gasteiger partial charge in [0.15, 0.2) is 10.2 Å². The van der Waals surface area contributed by atoms with E-state index in [0.717, 1.165) is 61.2 Å². The van der Waals surface area contributed by atoms with E-state index in [1.54, 1.807) is 13.8 Å². The Labute approximate surface area is 450 Å². The average Bonchev–Trinajstić information content (AvgIpc) is 3.99. The molecule has 6 aliphatic carbocycles. The summed E-state index contributed by atoms with van der Waals surface area (Å²) in [4.78, 5) is 79.1. The standard InChI is InChI=1S/C59H76O14S2/c1-37(2)53(60)68-35-7-33-66-43-21-25-47(26-22-43)72-57(64)70-45-17-13-41(14-18-45)55(62)74-49-11-5-9-39-29-31-59(51(39)49)32-30-40-10-6-12-50(52(40)59)75-56(63)42-15-19-46(20-16-42)71-58(65)73-48-27-23-44(24-28-48)67-34-8-36-69-54(61)38(3)4/h5-6,9-12,41-48H,1,3,7-8,13-36H2,2,4H3. The van der Waals surface area contributed by atoms with Crippen LogP contribution in [0.5, 0.6) is 0 Å². The number of carbonyl (C=O) groups excluding carboxylic acids is 6. The molecule has 8 rings (SSSR count). The van der Waals surface area contributed by atoms with Crippen molar-refractivity contribution in [2.45, 2.75) is 207 Å². The van der Waals surface area contributed by atoms with Crippen LogP contribution in [-0.4, -0.2) is 97.5 Å². The summed E-state index contributed by atoms with van der Waals surface area (Å²) in [6, 6.07) is 12.7. The molecule has 14 nitrogen and oxygen atoms in total. The zero-order valence-electron chi connectivity index (χ0n) is 43.9. The summed E-state index contributed by atoms with van der Waals surface area (Å²) in [6.45, 7) is 12.0. The van der Waals surface area contributed by atoms with Crippen molar-refractivity contribution in [3.05, 3.63) is 83.0 Å². The molecule has 0 aromatic heterocycles. The van der Waals surface area contributed by atoms with Crippen LogP contribution >= 0.6 is 23.5 Å². The minimum atomic E-state index is -0.645. The highest BCUT2D eigenvalue weighted by atomic mass is 32.2. The number of benzene rings is 2. The summed E-state index contributed by atoms with van der Waals surface area (Å²) in [7, 11) is 0. The van der Waals surface area contributed by atoms with Crippen LogP contribution in [0.2, 0.25) is 0 Å². The summed E-state index contributed by atoms with van der Waals surface area (Å²) < 4.78 is 45.1. The van der Waals surface area contributed by atoms with Gasteiger partial charge >= 0.3 is 24.2 Å². The largest absolute Gasteiger partial charge is 0.508 e. The van der Waals surface area contributed by atoms with E-state index in [1.807, 2.05) is 0 Å². The predicted octanol–water partition coefficient (Wildman–Crippen LogP) is 12.2. The lowest BCUT2D eigenvalue weighted by atomic mass is 9.76. The van der Waals surface area contributed by atoms with Crippen molar-refractivity contribution >= 4 is 58.0 Å². The van der Waals surface area contributed by atoms with Crippen molar-refractivity contribution in [1.29, 1.82) is 0 Å². The van der Waals surface area contributed by atoms with Gasteiger partial charge in [0.2, 0.25) is 0 Å². The molecule has 0 N–H and O–H groups in total. The third-order valence-electron chi connectivity index (χ3n) is 16.0.